The third kappa shape index (κ3) is 2.08. The van der Waals surface area contributed by atoms with Gasteiger partial charge in [0.25, 0.3) is 0 Å². The van der Waals surface area contributed by atoms with Crippen molar-refractivity contribution in [2.24, 2.45) is 5.16 Å². The van der Waals surface area contributed by atoms with Crippen LogP contribution >= 0.6 is 11.3 Å². The van der Waals surface area contributed by atoms with Gasteiger partial charge in [0.2, 0.25) is 0 Å². The van der Waals surface area contributed by atoms with Crippen molar-refractivity contribution in [1.29, 1.82) is 0 Å². The quantitative estimate of drug-likeness (QED) is 0.405. The van der Waals surface area contributed by atoms with Crippen molar-refractivity contribution in [3.05, 3.63) is 21.9 Å². The van der Waals surface area contributed by atoms with Crippen molar-refractivity contribution in [2.45, 2.75) is 26.2 Å². The third-order valence-corrected chi connectivity index (χ3v) is 3.00. The highest BCUT2D eigenvalue weighted by Crippen LogP contribution is 2.28. The van der Waals surface area contributed by atoms with E-state index in [1.165, 1.54) is 11.1 Å². The molecule has 0 aliphatic carbocycles. The zero-order valence-electron chi connectivity index (χ0n) is 7.53. The van der Waals surface area contributed by atoms with E-state index >= 15 is 0 Å². The summed E-state index contributed by atoms with van der Waals surface area (Å²) in [4.78, 5) is 2.29. The highest BCUT2D eigenvalue weighted by Gasteiger charge is 2.15. The SMILES string of the molecule is CC(C)(C)c1ccc(/C=N/O)s1. The van der Waals surface area contributed by atoms with Crippen LogP contribution in [0.2, 0.25) is 0 Å². The van der Waals surface area contributed by atoms with E-state index in [9.17, 15) is 0 Å². The zero-order chi connectivity index (χ0) is 9.19. The number of rotatable bonds is 1. The molecule has 2 nitrogen and oxygen atoms in total. The molecule has 0 aromatic carbocycles. The van der Waals surface area contributed by atoms with Crippen LogP contribution in [0.3, 0.4) is 0 Å². The van der Waals surface area contributed by atoms with Crippen LogP contribution in [0.4, 0.5) is 0 Å². The Hall–Kier alpha value is -0.830. The summed E-state index contributed by atoms with van der Waals surface area (Å²) in [5.41, 5.74) is 0.187. The molecule has 1 rings (SSSR count). The van der Waals surface area contributed by atoms with Gasteiger partial charge in [-0.15, -0.1) is 11.3 Å². The molecule has 0 fully saturated rings. The molecule has 0 radical (unpaired) electrons. The Morgan fingerprint density at radius 3 is 2.50 bits per heavy atom. The second-order valence-electron chi connectivity index (χ2n) is 3.70. The molecular weight excluding hydrogens is 170 g/mol. The number of oxime groups is 1. The summed E-state index contributed by atoms with van der Waals surface area (Å²) in [5.74, 6) is 0. The van der Waals surface area contributed by atoms with E-state index in [4.69, 9.17) is 5.21 Å². The third-order valence-electron chi connectivity index (χ3n) is 1.55. The molecule has 66 valence electrons. The molecule has 0 aliphatic heterocycles. The molecule has 0 unspecified atom stereocenters. The van der Waals surface area contributed by atoms with Gasteiger partial charge in [0.15, 0.2) is 0 Å². The van der Waals surface area contributed by atoms with Crippen molar-refractivity contribution >= 4 is 17.6 Å². The van der Waals surface area contributed by atoms with Crippen LogP contribution in [0.1, 0.15) is 30.5 Å². The van der Waals surface area contributed by atoms with Crippen LogP contribution in [-0.4, -0.2) is 11.4 Å². The normalized spacial score (nSPS) is 12.6. The number of thiophene rings is 1. The molecule has 0 atom stereocenters. The lowest BCUT2D eigenvalue weighted by Gasteiger charge is -2.14. The monoisotopic (exact) mass is 183 g/mol. The van der Waals surface area contributed by atoms with E-state index in [0.717, 1.165) is 4.88 Å². The summed E-state index contributed by atoms with van der Waals surface area (Å²) in [5, 5.41) is 11.3. The largest absolute Gasteiger partial charge is 0.411 e. The first-order valence-electron chi connectivity index (χ1n) is 3.82. The van der Waals surface area contributed by atoms with E-state index in [1.807, 2.05) is 6.07 Å². The van der Waals surface area contributed by atoms with Crippen LogP contribution in [0, 0.1) is 0 Å². The molecule has 1 aromatic rings. The molecule has 1 N–H and O–H groups in total. The van der Waals surface area contributed by atoms with Gasteiger partial charge in [-0.25, -0.2) is 0 Å². The standard InChI is InChI=1S/C9H13NOS/c1-9(2,3)8-5-4-7(12-8)6-10-11/h4-6,11H,1-3H3/b10-6+. The average Bonchev–Trinajstić information content (AvgIpc) is 2.35. The molecule has 0 spiro atoms. The summed E-state index contributed by atoms with van der Waals surface area (Å²) >= 11 is 1.66. The van der Waals surface area contributed by atoms with E-state index in [0.29, 0.717) is 0 Å². The van der Waals surface area contributed by atoms with Crippen molar-refractivity contribution < 1.29 is 5.21 Å². The van der Waals surface area contributed by atoms with Gasteiger partial charge < -0.3 is 5.21 Å². The number of nitrogens with zero attached hydrogens (tertiary/aromatic N) is 1. The number of hydrogen-bond acceptors (Lipinski definition) is 3. The van der Waals surface area contributed by atoms with Gasteiger partial charge >= 0.3 is 0 Å². The van der Waals surface area contributed by atoms with Gasteiger partial charge in [-0.3, -0.25) is 0 Å². The maximum atomic E-state index is 8.31. The Morgan fingerprint density at radius 2 is 2.08 bits per heavy atom. The van der Waals surface area contributed by atoms with E-state index in [1.54, 1.807) is 11.3 Å². The first kappa shape index (κ1) is 9.26. The van der Waals surface area contributed by atoms with Crippen LogP contribution in [0.5, 0.6) is 0 Å². The molecule has 0 bridgehead atoms. The molecule has 1 heterocycles. The molecular formula is C9H13NOS. The topological polar surface area (TPSA) is 32.6 Å². The minimum Gasteiger partial charge on any atom is -0.411 e. The molecule has 0 saturated heterocycles. The smallest absolute Gasteiger partial charge is 0.0833 e. The average molecular weight is 183 g/mol. The molecule has 0 amide bonds. The maximum absolute atomic E-state index is 8.31. The first-order valence-corrected chi connectivity index (χ1v) is 4.63. The van der Waals surface area contributed by atoms with Crippen molar-refractivity contribution in [3.63, 3.8) is 0 Å². The fourth-order valence-electron chi connectivity index (χ4n) is 0.882. The van der Waals surface area contributed by atoms with Gasteiger partial charge in [-0.1, -0.05) is 25.9 Å². The van der Waals surface area contributed by atoms with Gasteiger partial charge in [-0.05, 0) is 17.5 Å². The molecule has 1 aromatic heterocycles. The van der Waals surface area contributed by atoms with E-state index in [2.05, 4.69) is 32.0 Å². The Morgan fingerprint density at radius 1 is 1.42 bits per heavy atom. The van der Waals surface area contributed by atoms with Crippen molar-refractivity contribution in [3.8, 4) is 0 Å². The minimum atomic E-state index is 0.187. The lowest BCUT2D eigenvalue weighted by atomic mass is 9.95. The first-order chi connectivity index (χ1) is 5.54. The molecule has 12 heavy (non-hydrogen) atoms. The molecule has 0 saturated carbocycles. The van der Waals surface area contributed by atoms with Crippen LogP contribution in [0.25, 0.3) is 0 Å². The second kappa shape index (κ2) is 3.27. The zero-order valence-corrected chi connectivity index (χ0v) is 8.35. The maximum Gasteiger partial charge on any atom is 0.0833 e. The van der Waals surface area contributed by atoms with Crippen molar-refractivity contribution in [1.82, 2.24) is 0 Å². The van der Waals surface area contributed by atoms with Gasteiger partial charge in [0.1, 0.15) is 0 Å². The van der Waals surface area contributed by atoms with Gasteiger partial charge in [-0.2, -0.15) is 0 Å². The predicted octanol–water partition coefficient (Wildman–Crippen LogP) is 2.85. The van der Waals surface area contributed by atoms with E-state index in [-0.39, 0.29) is 5.41 Å². The Balaban J connectivity index is 2.92. The predicted molar refractivity (Wildman–Crippen MR) is 52.4 cm³/mol. The summed E-state index contributed by atoms with van der Waals surface area (Å²) in [6.45, 7) is 6.50. The second-order valence-corrected chi connectivity index (χ2v) is 4.81. The minimum absolute atomic E-state index is 0.187. The van der Waals surface area contributed by atoms with Gasteiger partial charge in [0, 0.05) is 9.75 Å². The molecule has 0 aliphatic rings. The van der Waals surface area contributed by atoms with Gasteiger partial charge in [0.05, 0.1) is 6.21 Å². The Kier molecular flexibility index (Phi) is 2.52. The molecule has 3 heteroatoms. The Bertz CT molecular complexity index is 283. The summed E-state index contributed by atoms with van der Waals surface area (Å²) < 4.78 is 0. The lowest BCUT2D eigenvalue weighted by Crippen LogP contribution is -2.07. The summed E-state index contributed by atoms with van der Waals surface area (Å²) in [6, 6.07) is 4.03. The highest BCUT2D eigenvalue weighted by atomic mass is 32.1. The van der Waals surface area contributed by atoms with E-state index < -0.39 is 0 Å². The number of hydrogen-bond donors (Lipinski definition) is 1. The fourth-order valence-corrected chi connectivity index (χ4v) is 1.81. The van der Waals surface area contributed by atoms with Crippen LogP contribution in [-0.2, 0) is 5.41 Å². The highest BCUT2D eigenvalue weighted by molar-refractivity contribution is 7.13. The lowest BCUT2D eigenvalue weighted by molar-refractivity contribution is 0.322. The fraction of sp³-hybridized carbons (Fsp3) is 0.444. The van der Waals surface area contributed by atoms with Crippen LogP contribution < -0.4 is 0 Å². The Labute approximate surface area is 76.5 Å². The van der Waals surface area contributed by atoms with Crippen molar-refractivity contribution in [2.75, 3.05) is 0 Å². The van der Waals surface area contributed by atoms with Crippen LogP contribution in [0.15, 0.2) is 17.3 Å². The summed E-state index contributed by atoms with van der Waals surface area (Å²) in [7, 11) is 0. The summed E-state index contributed by atoms with van der Waals surface area (Å²) in [6.07, 6.45) is 1.46.